The molecule has 0 aliphatic carbocycles. The summed E-state index contributed by atoms with van der Waals surface area (Å²) in [5, 5.41) is 2.95. The molecule has 2 amide bonds. The van der Waals surface area contributed by atoms with Crippen molar-refractivity contribution in [3.8, 4) is 11.5 Å². The third-order valence-electron chi connectivity index (χ3n) is 4.90. The van der Waals surface area contributed by atoms with Crippen molar-refractivity contribution in [2.24, 2.45) is 0 Å². The molecule has 1 fully saturated rings. The van der Waals surface area contributed by atoms with Crippen LogP contribution in [0.1, 0.15) is 5.56 Å². The number of hydrogen-bond donors (Lipinski definition) is 2. The second kappa shape index (κ2) is 8.14. The third kappa shape index (κ3) is 4.41. The number of urea groups is 1. The van der Waals surface area contributed by atoms with E-state index >= 15 is 0 Å². The predicted molar refractivity (Wildman–Crippen MR) is 104 cm³/mol. The fourth-order valence-corrected chi connectivity index (χ4v) is 3.33. The zero-order valence-electron chi connectivity index (χ0n) is 15.2. The lowest BCUT2D eigenvalue weighted by Crippen LogP contribution is -3.14. The maximum atomic E-state index is 12.5. The topological polar surface area (TPSA) is 55.2 Å². The first kappa shape index (κ1) is 17.4. The van der Waals surface area contributed by atoms with Crippen LogP contribution < -0.4 is 19.7 Å². The first-order valence-electron chi connectivity index (χ1n) is 9.29. The molecule has 0 unspecified atom stereocenters. The van der Waals surface area contributed by atoms with E-state index < -0.39 is 0 Å². The summed E-state index contributed by atoms with van der Waals surface area (Å²) in [7, 11) is 0. The molecule has 0 radical (unpaired) electrons. The van der Waals surface area contributed by atoms with Gasteiger partial charge in [-0.1, -0.05) is 36.4 Å². The van der Waals surface area contributed by atoms with Gasteiger partial charge in [-0.25, -0.2) is 4.79 Å². The number of fused-ring (bicyclic) bond motifs is 1. The number of nitrogens with zero attached hydrogens (tertiary/aromatic N) is 1. The van der Waals surface area contributed by atoms with Gasteiger partial charge in [0.15, 0.2) is 11.5 Å². The second-order valence-corrected chi connectivity index (χ2v) is 6.75. The lowest BCUT2D eigenvalue weighted by Gasteiger charge is -2.31. The van der Waals surface area contributed by atoms with E-state index in [0.29, 0.717) is 11.5 Å². The number of anilines is 1. The average molecular weight is 366 g/mol. The predicted octanol–water partition coefficient (Wildman–Crippen LogP) is 1.86. The molecule has 6 nitrogen and oxygen atoms in total. The van der Waals surface area contributed by atoms with Crippen molar-refractivity contribution < 1.29 is 19.2 Å². The Labute approximate surface area is 159 Å². The zero-order valence-corrected chi connectivity index (χ0v) is 15.2. The molecule has 140 valence electrons. The van der Waals surface area contributed by atoms with Crippen LogP contribution in [-0.4, -0.2) is 50.4 Å². The van der Waals surface area contributed by atoms with Gasteiger partial charge >= 0.3 is 6.03 Å². The average Bonchev–Trinajstić information content (AvgIpc) is 3.17. The molecule has 2 aliphatic rings. The van der Waals surface area contributed by atoms with Gasteiger partial charge in [0.25, 0.3) is 0 Å². The van der Waals surface area contributed by atoms with Crippen molar-refractivity contribution in [3.63, 3.8) is 0 Å². The van der Waals surface area contributed by atoms with Crippen LogP contribution in [0.2, 0.25) is 0 Å². The standard InChI is InChI=1S/C21H23N3O3/c25-21(22-18-8-9-19-20(15-18)27-16-26-19)24-13-11-23(12-14-24)10-4-7-17-5-2-1-3-6-17/h1-9,15H,10-14,16H2,(H,22,25)/p+1. The third-order valence-corrected chi connectivity index (χ3v) is 4.90. The van der Waals surface area contributed by atoms with Crippen molar-refractivity contribution in [1.82, 2.24) is 4.90 Å². The van der Waals surface area contributed by atoms with E-state index in [1.54, 1.807) is 6.07 Å². The molecule has 2 aromatic carbocycles. The summed E-state index contributed by atoms with van der Waals surface area (Å²) in [5.41, 5.74) is 1.95. The number of quaternary nitrogens is 1. The Morgan fingerprint density at radius 2 is 1.85 bits per heavy atom. The van der Waals surface area contributed by atoms with Crippen LogP contribution >= 0.6 is 0 Å². The van der Waals surface area contributed by atoms with E-state index in [-0.39, 0.29) is 12.8 Å². The highest BCUT2D eigenvalue weighted by atomic mass is 16.7. The van der Waals surface area contributed by atoms with Crippen molar-refractivity contribution in [3.05, 3.63) is 60.2 Å². The van der Waals surface area contributed by atoms with E-state index in [4.69, 9.17) is 9.47 Å². The largest absolute Gasteiger partial charge is 0.454 e. The molecule has 0 atom stereocenters. The Bertz CT molecular complexity index is 815. The highest BCUT2D eigenvalue weighted by Crippen LogP contribution is 2.34. The van der Waals surface area contributed by atoms with Crippen LogP contribution in [0.4, 0.5) is 10.5 Å². The lowest BCUT2D eigenvalue weighted by atomic mass is 10.2. The number of piperazine rings is 1. The molecule has 6 heteroatoms. The van der Waals surface area contributed by atoms with E-state index in [0.717, 1.165) is 38.4 Å². The number of rotatable bonds is 4. The summed E-state index contributed by atoms with van der Waals surface area (Å²) in [6, 6.07) is 15.7. The van der Waals surface area contributed by atoms with Gasteiger partial charge in [0.2, 0.25) is 6.79 Å². The molecule has 2 heterocycles. The molecule has 0 aromatic heterocycles. The Balaban J connectivity index is 1.24. The summed E-state index contributed by atoms with van der Waals surface area (Å²) in [4.78, 5) is 15.9. The quantitative estimate of drug-likeness (QED) is 0.869. The van der Waals surface area contributed by atoms with E-state index in [1.807, 2.05) is 35.2 Å². The van der Waals surface area contributed by atoms with Crippen molar-refractivity contribution in [1.29, 1.82) is 0 Å². The Morgan fingerprint density at radius 1 is 1.07 bits per heavy atom. The minimum absolute atomic E-state index is 0.0623. The van der Waals surface area contributed by atoms with Gasteiger partial charge < -0.3 is 24.6 Å². The van der Waals surface area contributed by atoms with E-state index in [1.165, 1.54) is 10.5 Å². The van der Waals surface area contributed by atoms with Crippen LogP contribution in [-0.2, 0) is 0 Å². The molecule has 2 aliphatic heterocycles. The fourth-order valence-electron chi connectivity index (χ4n) is 3.33. The molecule has 2 N–H and O–H groups in total. The van der Waals surface area contributed by atoms with Gasteiger partial charge in [0.1, 0.15) is 0 Å². The molecule has 1 saturated heterocycles. The summed E-state index contributed by atoms with van der Waals surface area (Å²) in [5.74, 6) is 1.39. The first-order valence-corrected chi connectivity index (χ1v) is 9.29. The van der Waals surface area contributed by atoms with Gasteiger partial charge in [-0.2, -0.15) is 0 Å². The van der Waals surface area contributed by atoms with Gasteiger partial charge in [-0.3, -0.25) is 0 Å². The molecule has 0 spiro atoms. The monoisotopic (exact) mass is 366 g/mol. The van der Waals surface area contributed by atoms with Crippen molar-refractivity contribution in [2.45, 2.75) is 0 Å². The first-order chi connectivity index (χ1) is 13.3. The molecule has 4 rings (SSSR count). The summed E-state index contributed by atoms with van der Waals surface area (Å²) in [6.07, 6.45) is 4.37. The molecular weight excluding hydrogens is 342 g/mol. The van der Waals surface area contributed by atoms with Gasteiger partial charge in [-0.15, -0.1) is 0 Å². The van der Waals surface area contributed by atoms with Crippen LogP contribution in [0.25, 0.3) is 6.08 Å². The molecule has 0 saturated carbocycles. The highest BCUT2D eigenvalue weighted by Gasteiger charge is 2.23. The fraction of sp³-hybridized carbons (Fsp3) is 0.286. The van der Waals surface area contributed by atoms with Gasteiger partial charge in [0.05, 0.1) is 32.7 Å². The van der Waals surface area contributed by atoms with Crippen LogP contribution in [0.3, 0.4) is 0 Å². The highest BCUT2D eigenvalue weighted by molar-refractivity contribution is 5.89. The normalized spacial score (nSPS) is 16.7. The van der Waals surface area contributed by atoms with Gasteiger partial charge in [-0.05, 0) is 23.8 Å². The summed E-state index contributed by atoms with van der Waals surface area (Å²) in [6.45, 7) is 4.62. The van der Waals surface area contributed by atoms with E-state index in [2.05, 4.69) is 29.6 Å². The Kier molecular flexibility index (Phi) is 5.25. The van der Waals surface area contributed by atoms with Crippen LogP contribution in [0.15, 0.2) is 54.6 Å². The van der Waals surface area contributed by atoms with Crippen molar-refractivity contribution in [2.75, 3.05) is 44.8 Å². The number of hydrogen-bond acceptors (Lipinski definition) is 3. The number of carbonyl (C=O) groups excluding carboxylic acids is 1. The number of amides is 2. The number of ether oxygens (including phenoxy) is 2. The maximum Gasteiger partial charge on any atom is 0.322 e. The van der Waals surface area contributed by atoms with Gasteiger partial charge in [0, 0.05) is 11.8 Å². The smallest absolute Gasteiger partial charge is 0.322 e. The van der Waals surface area contributed by atoms with Crippen molar-refractivity contribution >= 4 is 17.8 Å². The number of carbonyl (C=O) groups is 1. The summed E-state index contributed by atoms with van der Waals surface area (Å²) >= 11 is 0. The maximum absolute atomic E-state index is 12.5. The molecule has 0 bridgehead atoms. The Morgan fingerprint density at radius 3 is 2.67 bits per heavy atom. The van der Waals surface area contributed by atoms with Crippen LogP contribution in [0.5, 0.6) is 11.5 Å². The number of nitrogens with one attached hydrogen (secondary N) is 2. The summed E-state index contributed by atoms with van der Waals surface area (Å²) < 4.78 is 10.6. The lowest BCUT2D eigenvalue weighted by molar-refractivity contribution is -0.898. The number of benzene rings is 2. The zero-order chi connectivity index (χ0) is 18.5. The minimum atomic E-state index is -0.0623. The molecule has 2 aromatic rings. The van der Waals surface area contributed by atoms with E-state index in [9.17, 15) is 4.79 Å². The second-order valence-electron chi connectivity index (χ2n) is 6.75. The van der Waals surface area contributed by atoms with Crippen LogP contribution in [0, 0.1) is 0 Å². The Hall–Kier alpha value is -2.99. The minimum Gasteiger partial charge on any atom is -0.454 e. The SMILES string of the molecule is O=C(Nc1ccc2c(c1)OCO2)N1CC[NH+](CC=Cc2ccccc2)CC1. The molecular formula is C21H24N3O3+. The molecule has 27 heavy (non-hydrogen) atoms.